The minimum atomic E-state index is -4.76. The molecule has 15 heteroatoms. The van der Waals surface area contributed by atoms with Crippen molar-refractivity contribution in [1.29, 1.82) is 0 Å². The highest BCUT2D eigenvalue weighted by Crippen LogP contribution is 2.33. The van der Waals surface area contributed by atoms with Gasteiger partial charge in [-0.2, -0.15) is 20.2 Å². The first-order valence-electron chi connectivity index (χ1n) is 11.6. The van der Waals surface area contributed by atoms with Crippen LogP contribution >= 0.6 is 11.8 Å². The SMILES string of the molecule is O=C(CCCC[C@@H]1SC[C@@H]2NC(=O)N[C@H]21)NCCCCCC(=O)ON1C(=O)CC(S(=O)(=O)O)C1=O. The van der Waals surface area contributed by atoms with Crippen LogP contribution in [0, 0.1) is 0 Å². The average Bonchev–Trinajstić information content (AvgIpc) is 3.41. The van der Waals surface area contributed by atoms with Crippen molar-refractivity contribution in [3.8, 4) is 0 Å². The van der Waals surface area contributed by atoms with Gasteiger partial charge >= 0.3 is 12.0 Å². The van der Waals surface area contributed by atoms with Crippen molar-refractivity contribution in [1.82, 2.24) is 21.0 Å². The van der Waals surface area contributed by atoms with Crippen LogP contribution in [0.25, 0.3) is 0 Å². The highest BCUT2D eigenvalue weighted by atomic mass is 32.2. The fourth-order valence-corrected chi connectivity index (χ4v) is 6.47. The van der Waals surface area contributed by atoms with E-state index in [1.165, 1.54) is 0 Å². The number of urea groups is 1. The van der Waals surface area contributed by atoms with Crippen LogP contribution < -0.4 is 16.0 Å². The molecule has 3 fully saturated rings. The minimum Gasteiger partial charge on any atom is -0.356 e. The maximum atomic E-state index is 12.0. The van der Waals surface area contributed by atoms with Crippen LogP contribution in [-0.2, 0) is 34.1 Å². The number of amides is 5. The fraction of sp³-hybridized carbons (Fsp3) is 0.750. The Morgan fingerprint density at radius 3 is 2.54 bits per heavy atom. The zero-order valence-corrected chi connectivity index (χ0v) is 20.7. The summed E-state index contributed by atoms with van der Waals surface area (Å²) >= 11 is 1.85. The number of fused-ring (bicyclic) bond motifs is 1. The van der Waals surface area contributed by atoms with Gasteiger partial charge in [-0.1, -0.05) is 12.8 Å². The summed E-state index contributed by atoms with van der Waals surface area (Å²) in [5.41, 5.74) is 0. The van der Waals surface area contributed by atoms with E-state index in [-0.39, 0.29) is 35.5 Å². The summed E-state index contributed by atoms with van der Waals surface area (Å²) in [6, 6.07) is 0.265. The lowest BCUT2D eigenvalue weighted by Gasteiger charge is -2.16. The molecule has 3 heterocycles. The molecule has 0 aromatic rings. The number of rotatable bonds is 13. The van der Waals surface area contributed by atoms with Crippen molar-refractivity contribution in [2.45, 2.75) is 80.4 Å². The molecule has 3 aliphatic rings. The fourth-order valence-electron chi connectivity index (χ4n) is 4.22. The second-order valence-electron chi connectivity index (χ2n) is 8.73. The van der Waals surface area contributed by atoms with Crippen molar-refractivity contribution in [2.75, 3.05) is 12.3 Å². The Balaban J connectivity index is 1.19. The molecule has 0 spiro atoms. The van der Waals surface area contributed by atoms with Gasteiger partial charge in [0, 0.05) is 30.4 Å². The first-order chi connectivity index (χ1) is 16.6. The zero-order valence-electron chi connectivity index (χ0n) is 19.1. The molecule has 4 atom stereocenters. The monoisotopic (exact) mass is 534 g/mol. The summed E-state index contributed by atoms with van der Waals surface area (Å²) in [7, 11) is -4.76. The molecule has 196 valence electrons. The number of hydrogen-bond donors (Lipinski definition) is 4. The van der Waals surface area contributed by atoms with E-state index in [1.807, 2.05) is 11.8 Å². The molecule has 35 heavy (non-hydrogen) atoms. The maximum Gasteiger partial charge on any atom is 0.333 e. The number of nitrogens with one attached hydrogen (secondary N) is 3. The summed E-state index contributed by atoms with van der Waals surface area (Å²) in [4.78, 5) is 63.3. The van der Waals surface area contributed by atoms with Gasteiger partial charge < -0.3 is 20.8 Å². The van der Waals surface area contributed by atoms with Crippen molar-refractivity contribution >= 4 is 51.6 Å². The van der Waals surface area contributed by atoms with Crippen molar-refractivity contribution in [3.05, 3.63) is 0 Å². The number of thioether (sulfide) groups is 1. The number of imide groups is 1. The largest absolute Gasteiger partial charge is 0.356 e. The predicted molar refractivity (Wildman–Crippen MR) is 123 cm³/mol. The first kappa shape index (κ1) is 27.2. The Hall–Kier alpha value is -2.39. The van der Waals surface area contributed by atoms with E-state index in [1.54, 1.807) is 0 Å². The second-order valence-corrected chi connectivity index (χ2v) is 11.6. The van der Waals surface area contributed by atoms with Crippen LogP contribution in [0.15, 0.2) is 0 Å². The predicted octanol–water partition coefficient (Wildman–Crippen LogP) is -0.138. The van der Waals surface area contributed by atoms with Gasteiger partial charge in [0.2, 0.25) is 5.91 Å². The standard InChI is InChI=1S/C20H30N4O9S2/c25-15(7-4-3-6-13-18-12(11-34-13)22-20(29)23-18)21-9-5-1-2-8-17(27)33-24-16(26)10-14(19(24)28)35(30,31)32/h12-14,18H,1-11H2,(H,21,25)(H2,22,23,29)(H,30,31,32)/t12-,13-,14?,18+/m0/s1. The molecule has 0 radical (unpaired) electrons. The van der Waals surface area contributed by atoms with Gasteiger partial charge in [0.25, 0.3) is 21.9 Å². The summed E-state index contributed by atoms with van der Waals surface area (Å²) < 4.78 is 31.1. The van der Waals surface area contributed by atoms with E-state index in [0.29, 0.717) is 37.5 Å². The van der Waals surface area contributed by atoms with Crippen LogP contribution in [0.5, 0.6) is 0 Å². The number of nitrogens with zero attached hydrogens (tertiary/aromatic N) is 1. The van der Waals surface area contributed by atoms with E-state index in [9.17, 15) is 32.4 Å². The van der Waals surface area contributed by atoms with Crippen LogP contribution in [-0.4, -0.2) is 82.6 Å². The normalized spacial score (nSPS) is 25.9. The van der Waals surface area contributed by atoms with Crippen LogP contribution in [0.1, 0.15) is 57.8 Å². The van der Waals surface area contributed by atoms with Crippen molar-refractivity contribution in [3.63, 3.8) is 0 Å². The Labute approximate surface area is 207 Å². The Morgan fingerprint density at radius 1 is 1.09 bits per heavy atom. The molecule has 3 rings (SSSR count). The Kier molecular flexibility index (Phi) is 9.35. The van der Waals surface area contributed by atoms with Gasteiger partial charge in [0.1, 0.15) is 0 Å². The zero-order chi connectivity index (χ0) is 25.6. The minimum absolute atomic E-state index is 0.0448. The van der Waals surface area contributed by atoms with Gasteiger partial charge in [0.15, 0.2) is 5.25 Å². The number of carbonyl (C=O) groups excluding carboxylic acids is 5. The summed E-state index contributed by atoms with van der Waals surface area (Å²) in [5.74, 6) is -2.30. The lowest BCUT2D eigenvalue weighted by Crippen LogP contribution is -2.36. The van der Waals surface area contributed by atoms with Crippen molar-refractivity contribution in [2.24, 2.45) is 0 Å². The molecule has 0 bridgehead atoms. The Bertz CT molecular complexity index is 958. The second kappa shape index (κ2) is 12.0. The average molecular weight is 535 g/mol. The van der Waals surface area contributed by atoms with Gasteiger partial charge in [0.05, 0.1) is 18.5 Å². The van der Waals surface area contributed by atoms with Gasteiger partial charge in [-0.05, 0) is 25.7 Å². The third-order valence-corrected chi connectivity index (χ3v) is 8.67. The third-order valence-electron chi connectivity index (χ3n) is 6.08. The van der Waals surface area contributed by atoms with Gasteiger partial charge in [-0.25, -0.2) is 9.59 Å². The molecule has 0 aromatic carbocycles. The topological polar surface area (TPSA) is 188 Å². The van der Waals surface area contributed by atoms with Crippen LogP contribution in [0.4, 0.5) is 4.79 Å². The summed E-state index contributed by atoms with van der Waals surface area (Å²) in [6.45, 7) is 0.451. The molecule has 5 amide bonds. The molecule has 0 saturated carbocycles. The number of carbonyl (C=O) groups is 5. The first-order valence-corrected chi connectivity index (χ1v) is 14.1. The lowest BCUT2D eigenvalue weighted by molar-refractivity contribution is -0.197. The molecule has 4 N–H and O–H groups in total. The molecule has 13 nitrogen and oxygen atoms in total. The number of hydroxylamine groups is 2. The molecular weight excluding hydrogens is 504 g/mol. The molecule has 0 aromatic heterocycles. The van der Waals surface area contributed by atoms with Gasteiger partial charge in [-0.3, -0.25) is 18.9 Å². The van der Waals surface area contributed by atoms with E-state index in [2.05, 4.69) is 20.8 Å². The van der Waals surface area contributed by atoms with Gasteiger partial charge in [-0.15, -0.1) is 5.06 Å². The summed E-state index contributed by atoms with van der Waals surface area (Å²) in [6.07, 6.45) is 3.76. The lowest BCUT2D eigenvalue weighted by atomic mass is 10.0. The van der Waals surface area contributed by atoms with E-state index < -0.39 is 39.6 Å². The van der Waals surface area contributed by atoms with E-state index in [0.717, 1.165) is 25.0 Å². The van der Waals surface area contributed by atoms with Crippen LogP contribution in [0.2, 0.25) is 0 Å². The van der Waals surface area contributed by atoms with Crippen LogP contribution in [0.3, 0.4) is 0 Å². The smallest absolute Gasteiger partial charge is 0.333 e. The van der Waals surface area contributed by atoms with Crippen molar-refractivity contribution < 1.29 is 41.8 Å². The Morgan fingerprint density at radius 2 is 1.83 bits per heavy atom. The molecular formula is C20H30N4O9S2. The molecule has 1 unspecified atom stereocenters. The maximum absolute atomic E-state index is 12.0. The number of unbranched alkanes of at least 4 members (excludes halogenated alkanes) is 3. The highest BCUT2D eigenvalue weighted by Gasteiger charge is 2.48. The summed E-state index contributed by atoms with van der Waals surface area (Å²) in [5, 5.41) is 7.20. The highest BCUT2D eigenvalue weighted by molar-refractivity contribution is 8.00. The number of hydrogen-bond acceptors (Lipinski definition) is 9. The molecule has 3 aliphatic heterocycles. The van der Waals surface area contributed by atoms with E-state index >= 15 is 0 Å². The third kappa shape index (κ3) is 7.54. The quantitative estimate of drug-likeness (QED) is 0.107. The molecule has 0 aliphatic carbocycles. The van der Waals surface area contributed by atoms with E-state index in [4.69, 9.17) is 4.55 Å². The molecule has 3 saturated heterocycles.